The van der Waals surface area contributed by atoms with Crippen molar-refractivity contribution in [3.8, 4) is 33.8 Å². The molecule has 0 saturated carbocycles. The average molecular weight is 613 g/mol. The van der Waals surface area contributed by atoms with Crippen molar-refractivity contribution in [3.05, 3.63) is 78.3 Å². The molecule has 1 aliphatic rings. The molecule has 7 rings (SSSR count). The van der Waals surface area contributed by atoms with Crippen LogP contribution in [-0.4, -0.2) is 80.9 Å². The molecule has 5 aromatic heterocycles. The number of fused-ring (bicyclic) bond motifs is 2. The number of H-pyrrole nitrogens is 2. The van der Waals surface area contributed by atoms with Crippen LogP contribution in [0.5, 0.6) is 0 Å². The van der Waals surface area contributed by atoms with Gasteiger partial charge in [-0.1, -0.05) is 0 Å². The molecule has 1 aromatic carbocycles. The van der Waals surface area contributed by atoms with Gasteiger partial charge in [0.15, 0.2) is 11.5 Å². The zero-order chi connectivity index (χ0) is 30.3. The van der Waals surface area contributed by atoms with Gasteiger partial charge in [-0.05, 0) is 47.0 Å². The highest BCUT2D eigenvalue weighted by Crippen LogP contribution is 2.33. The predicted octanol–water partition coefficient (Wildman–Crippen LogP) is 3.22. The number of benzene rings is 1. The first-order valence-corrected chi connectivity index (χ1v) is 16.0. The van der Waals surface area contributed by atoms with Gasteiger partial charge in [0, 0.05) is 80.7 Å². The third-order valence-electron chi connectivity index (χ3n) is 7.59. The molecule has 0 bridgehead atoms. The van der Waals surface area contributed by atoms with Crippen LogP contribution in [0.1, 0.15) is 11.1 Å². The normalized spacial score (nSPS) is 14.5. The van der Waals surface area contributed by atoms with Gasteiger partial charge in [0.2, 0.25) is 10.0 Å². The summed E-state index contributed by atoms with van der Waals surface area (Å²) in [6, 6.07) is 8.56. The van der Waals surface area contributed by atoms with Crippen molar-refractivity contribution >= 4 is 32.1 Å². The van der Waals surface area contributed by atoms with Crippen molar-refractivity contribution in [3.63, 3.8) is 0 Å². The minimum absolute atomic E-state index is 0.0392. The van der Waals surface area contributed by atoms with Crippen LogP contribution in [0.3, 0.4) is 0 Å². The third kappa shape index (κ3) is 5.92. The molecule has 12 nitrogen and oxygen atoms in total. The van der Waals surface area contributed by atoms with Crippen LogP contribution in [0.4, 0.5) is 4.39 Å². The van der Waals surface area contributed by atoms with Crippen molar-refractivity contribution in [1.29, 1.82) is 0 Å². The Kier molecular flexibility index (Phi) is 7.34. The quantitative estimate of drug-likeness (QED) is 0.203. The number of sulfonamides is 1. The molecule has 0 spiro atoms. The van der Waals surface area contributed by atoms with Crippen molar-refractivity contribution < 1.29 is 12.8 Å². The van der Waals surface area contributed by atoms with E-state index in [1.54, 1.807) is 24.7 Å². The maximum absolute atomic E-state index is 14.6. The van der Waals surface area contributed by atoms with Gasteiger partial charge >= 0.3 is 0 Å². The van der Waals surface area contributed by atoms with Crippen LogP contribution >= 0.6 is 0 Å². The number of piperazine rings is 1. The van der Waals surface area contributed by atoms with E-state index in [1.807, 2.05) is 18.5 Å². The van der Waals surface area contributed by atoms with Gasteiger partial charge in [0.05, 0.1) is 28.9 Å². The lowest BCUT2D eigenvalue weighted by Gasteiger charge is -2.27. The summed E-state index contributed by atoms with van der Waals surface area (Å²) in [6.07, 6.45) is 9.86. The molecule has 4 N–H and O–H groups in total. The number of hydrogen-bond donors (Lipinski definition) is 4. The highest BCUT2D eigenvalue weighted by molar-refractivity contribution is 7.88. The Morgan fingerprint density at radius 1 is 0.932 bits per heavy atom. The Labute approximate surface area is 252 Å². The third-order valence-corrected chi connectivity index (χ3v) is 8.26. The molecule has 0 unspecified atom stereocenters. The van der Waals surface area contributed by atoms with Gasteiger partial charge < -0.3 is 10.3 Å². The number of nitrogens with zero attached hydrogens (tertiary/aromatic N) is 6. The number of hydrogen-bond acceptors (Lipinski definition) is 9. The Morgan fingerprint density at radius 2 is 1.73 bits per heavy atom. The molecule has 1 aliphatic heterocycles. The lowest BCUT2D eigenvalue weighted by atomic mass is 10.0. The number of rotatable bonds is 8. The fraction of sp³-hybridized carbons (Fsp3) is 0.233. The van der Waals surface area contributed by atoms with Crippen molar-refractivity contribution in [2.45, 2.75) is 13.1 Å². The van der Waals surface area contributed by atoms with Crippen LogP contribution < -0.4 is 10.0 Å². The monoisotopic (exact) mass is 612 g/mol. The summed E-state index contributed by atoms with van der Waals surface area (Å²) in [6.45, 7) is 4.79. The molecule has 0 aliphatic carbocycles. The fourth-order valence-electron chi connectivity index (χ4n) is 5.48. The molecule has 6 heterocycles. The second-order valence-electron chi connectivity index (χ2n) is 10.9. The molecule has 1 saturated heterocycles. The van der Waals surface area contributed by atoms with E-state index in [4.69, 9.17) is 4.98 Å². The molecular weight excluding hydrogens is 583 g/mol. The van der Waals surface area contributed by atoms with E-state index in [-0.39, 0.29) is 6.54 Å². The van der Waals surface area contributed by atoms with Gasteiger partial charge in [0.25, 0.3) is 0 Å². The summed E-state index contributed by atoms with van der Waals surface area (Å²) < 4.78 is 40.1. The lowest BCUT2D eigenvalue weighted by molar-refractivity contribution is 0.233. The zero-order valence-electron chi connectivity index (χ0n) is 23.8. The molecule has 224 valence electrons. The predicted molar refractivity (Wildman–Crippen MR) is 165 cm³/mol. The molecule has 0 radical (unpaired) electrons. The van der Waals surface area contributed by atoms with E-state index in [0.29, 0.717) is 44.9 Å². The second-order valence-corrected chi connectivity index (χ2v) is 12.7. The van der Waals surface area contributed by atoms with Crippen LogP contribution in [0.2, 0.25) is 0 Å². The van der Waals surface area contributed by atoms with Gasteiger partial charge in [-0.2, -0.15) is 5.10 Å². The van der Waals surface area contributed by atoms with Crippen LogP contribution in [0.25, 0.3) is 55.8 Å². The summed E-state index contributed by atoms with van der Waals surface area (Å²) in [5.41, 5.74) is 7.03. The SMILES string of the molecule is CS(=O)(=O)NCc1cc(F)cc(-c2cncc3[nH]c(-c4[nH]nc5ncc(-c6cncc(CN7CCNCC7)c6)cc45)nc23)c1. The first-order chi connectivity index (χ1) is 21.3. The largest absolute Gasteiger partial charge is 0.335 e. The number of halogens is 1. The minimum atomic E-state index is -3.44. The Hall–Kier alpha value is -4.63. The van der Waals surface area contributed by atoms with Crippen LogP contribution in [0, 0.1) is 5.82 Å². The summed E-state index contributed by atoms with van der Waals surface area (Å²) in [7, 11) is -3.44. The molecular formula is C30H29FN10O2S. The van der Waals surface area contributed by atoms with Crippen molar-refractivity contribution in [2.24, 2.45) is 0 Å². The minimum Gasteiger partial charge on any atom is -0.335 e. The molecule has 44 heavy (non-hydrogen) atoms. The van der Waals surface area contributed by atoms with E-state index in [2.05, 4.69) is 51.1 Å². The first-order valence-electron chi connectivity index (χ1n) is 14.1. The number of nitrogens with one attached hydrogen (secondary N) is 4. The summed E-state index contributed by atoms with van der Waals surface area (Å²) in [5.74, 6) is 0.0295. The maximum Gasteiger partial charge on any atom is 0.209 e. The van der Waals surface area contributed by atoms with E-state index < -0.39 is 15.8 Å². The summed E-state index contributed by atoms with van der Waals surface area (Å²) in [5, 5.41) is 11.6. The van der Waals surface area contributed by atoms with E-state index in [9.17, 15) is 12.8 Å². The summed E-state index contributed by atoms with van der Waals surface area (Å²) >= 11 is 0. The first kappa shape index (κ1) is 28.2. The molecule has 6 aromatic rings. The number of imidazole rings is 1. The van der Waals surface area contributed by atoms with Crippen molar-refractivity contribution in [2.75, 3.05) is 32.4 Å². The van der Waals surface area contributed by atoms with Crippen LogP contribution in [0.15, 0.2) is 61.3 Å². The average Bonchev–Trinajstić information content (AvgIpc) is 3.64. The standard InChI is InChI=1S/C30H29FN10O2S/c1-44(42,43)36-12-18-6-20(9-23(31)8-18)25-15-34-16-26-27(25)38-30(37-26)28-24-10-22(14-35-29(24)40-39-28)21-7-19(11-33-13-21)17-41-4-2-32-3-5-41/h6-11,13-16,32,36H,2-5,12,17H2,1H3,(H,37,38)(H,35,39,40). The van der Waals surface area contributed by atoms with E-state index >= 15 is 0 Å². The van der Waals surface area contributed by atoms with Crippen molar-refractivity contribution in [1.82, 2.24) is 50.1 Å². The van der Waals surface area contributed by atoms with Gasteiger partial charge in [0.1, 0.15) is 11.5 Å². The number of pyridine rings is 3. The Bertz CT molecular complexity index is 2100. The zero-order valence-corrected chi connectivity index (χ0v) is 24.6. The highest BCUT2D eigenvalue weighted by atomic mass is 32.2. The fourth-order valence-corrected chi connectivity index (χ4v) is 5.91. The molecule has 14 heteroatoms. The number of aromatic amines is 2. The molecule has 1 fully saturated rings. The smallest absolute Gasteiger partial charge is 0.209 e. The topological polar surface area (TPSA) is 157 Å². The maximum atomic E-state index is 14.6. The lowest BCUT2D eigenvalue weighted by Crippen LogP contribution is -2.42. The highest BCUT2D eigenvalue weighted by Gasteiger charge is 2.18. The second kappa shape index (κ2) is 11.5. The summed E-state index contributed by atoms with van der Waals surface area (Å²) in [4.78, 5) is 24.0. The molecule has 0 amide bonds. The van der Waals surface area contributed by atoms with E-state index in [0.717, 1.165) is 61.1 Å². The Morgan fingerprint density at radius 3 is 2.57 bits per heavy atom. The van der Waals surface area contributed by atoms with Gasteiger partial charge in [-0.25, -0.2) is 27.5 Å². The van der Waals surface area contributed by atoms with E-state index in [1.165, 1.54) is 12.1 Å². The van der Waals surface area contributed by atoms with Gasteiger partial charge in [-0.3, -0.25) is 20.0 Å². The number of aromatic nitrogens is 7. The van der Waals surface area contributed by atoms with Gasteiger partial charge in [-0.15, -0.1) is 0 Å². The molecule has 0 atom stereocenters. The van der Waals surface area contributed by atoms with Crippen LogP contribution in [-0.2, 0) is 23.1 Å². The Balaban J connectivity index is 1.23.